The molecule has 0 aliphatic carbocycles. The van der Waals surface area contributed by atoms with Gasteiger partial charge in [0.15, 0.2) is 0 Å². The van der Waals surface area contributed by atoms with Crippen LogP contribution in [0.4, 0.5) is 0 Å². The van der Waals surface area contributed by atoms with Crippen molar-refractivity contribution in [1.29, 1.82) is 0 Å². The summed E-state index contributed by atoms with van der Waals surface area (Å²) in [4.78, 5) is 20.2. The standard InChI is InChI=1S/C21H36N4O/c1-6-25-16(2)15-20(18(25)4)21(26)24-9-7-19(8-10-24)17(3)23-13-11-22(5)12-14-23/h15,17,19H,6-14H2,1-5H3/t17-/m1/s1. The normalized spacial score (nSPS) is 22.0. The predicted octanol–water partition coefficient (Wildman–Crippen LogP) is 2.61. The minimum atomic E-state index is 0.225. The van der Waals surface area contributed by atoms with Crippen LogP contribution >= 0.6 is 0 Å². The molecule has 5 heteroatoms. The molecule has 1 atom stereocenters. The van der Waals surface area contributed by atoms with Crippen LogP contribution in [0.2, 0.25) is 0 Å². The molecule has 5 nitrogen and oxygen atoms in total. The summed E-state index contributed by atoms with van der Waals surface area (Å²) < 4.78 is 2.23. The number of likely N-dealkylation sites (N-methyl/N-ethyl adjacent to an activating group) is 1. The molecule has 0 radical (unpaired) electrons. The number of carbonyl (C=O) groups is 1. The molecule has 0 unspecified atom stereocenters. The predicted molar refractivity (Wildman–Crippen MR) is 107 cm³/mol. The Morgan fingerprint density at radius 3 is 2.27 bits per heavy atom. The molecule has 0 saturated carbocycles. The SMILES string of the molecule is CCn1c(C)cc(C(=O)N2CCC([C@@H](C)N3CCN(C)CC3)CC2)c1C. The van der Waals surface area contributed by atoms with Crippen molar-refractivity contribution in [3.05, 3.63) is 23.0 Å². The van der Waals surface area contributed by atoms with Crippen LogP contribution in [0.25, 0.3) is 0 Å². The lowest BCUT2D eigenvalue weighted by Crippen LogP contribution is -2.52. The van der Waals surface area contributed by atoms with Crippen LogP contribution in [0.1, 0.15) is 48.4 Å². The zero-order valence-electron chi connectivity index (χ0n) is 17.3. The Morgan fingerprint density at radius 2 is 1.73 bits per heavy atom. The van der Waals surface area contributed by atoms with Crippen molar-refractivity contribution in [3.8, 4) is 0 Å². The summed E-state index contributed by atoms with van der Waals surface area (Å²) in [5.74, 6) is 0.939. The molecule has 0 aromatic carbocycles. The Kier molecular flexibility index (Phi) is 6.08. The van der Waals surface area contributed by atoms with E-state index in [0.717, 1.165) is 43.7 Å². The second kappa shape index (κ2) is 8.13. The van der Waals surface area contributed by atoms with Gasteiger partial charge in [-0.2, -0.15) is 0 Å². The molecule has 26 heavy (non-hydrogen) atoms. The molecule has 2 saturated heterocycles. The molecule has 0 spiro atoms. The number of aryl methyl sites for hydroxylation is 1. The van der Waals surface area contributed by atoms with Gasteiger partial charge < -0.3 is 14.4 Å². The molecule has 2 fully saturated rings. The van der Waals surface area contributed by atoms with Crippen molar-refractivity contribution < 1.29 is 4.79 Å². The summed E-state index contributed by atoms with van der Waals surface area (Å²) in [5, 5.41) is 0. The van der Waals surface area contributed by atoms with Gasteiger partial charge in [0, 0.05) is 63.2 Å². The maximum Gasteiger partial charge on any atom is 0.255 e. The van der Waals surface area contributed by atoms with Crippen molar-refractivity contribution >= 4 is 5.91 Å². The number of carbonyl (C=O) groups excluding carboxylic acids is 1. The number of nitrogens with zero attached hydrogens (tertiary/aromatic N) is 4. The van der Waals surface area contributed by atoms with Gasteiger partial charge in [0.05, 0.1) is 5.56 Å². The Morgan fingerprint density at radius 1 is 1.12 bits per heavy atom. The second-order valence-electron chi connectivity index (χ2n) is 8.24. The molecule has 1 aromatic rings. The van der Waals surface area contributed by atoms with Crippen LogP contribution in [0.5, 0.6) is 0 Å². The Labute approximate surface area is 158 Å². The van der Waals surface area contributed by atoms with E-state index < -0.39 is 0 Å². The highest BCUT2D eigenvalue weighted by Crippen LogP contribution is 2.26. The average Bonchev–Trinajstić information content (AvgIpc) is 2.95. The van der Waals surface area contributed by atoms with Gasteiger partial charge in [-0.3, -0.25) is 9.69 Å². The van der Waals surface area contributed by atoms with Gasteiger partial charge in [0.2, 0.25) is 0 Å². The molecule has 2 aliphatic heterocycles. The van der Waals surface area contributed by atoms with Crippen molar-refractivity contribution in [1.82, 2.24) is 19.3 Å². The number of piperazine rings is 1. The van der Waals surface area contributed by atoms with Crippen LogP contribution in [0, 0.1) is 19.8 Å². The lowest BCUT2D eigenvalue weighted by Gasteiger charge is -2.42. The van der Waals surface area contributed by atoms with Crippen LogP contribution < -0.4 is 0 Å². The summed E-state index contributed by atoms with van der Waals surface area (Å²) in [6.45, 7) is 16.1. The smallest absolute Gasteiger partial charge is 0.255 e. The third kappa shape index (κ3) is 3.84. The van der Waals surface area contributed by atoms with Gasteiger partial charge >= 0.3 is 0 Å². The lowest BCUT2D eigenvalue weighted by molar-refractivity contribution is 0.0499. The van der Waals surface area contributed by atoms with Gasteiger partial charge in [-0.05, 0) is 59.6 Å². The number of hydrogen-bond acceptors (Lipinski definition) is 3. The van der Waals surface area contributed by atoms with E-state index in [9.17, 15) is 4.79 Å². The lowest BCUT2D eigenvalue weighted by atomic mass is 9.88. The van der Waals surface area contributed by atoms with Crippen LogP contribution in [-0.2, 0) is 6.54 Å². The average molecular weight is 361 g/mol. The number of hydrogen-bond donors (Lipinski definition) is 0. The molecule has 0 bridgehead atoms. The Balaban J connectivity index is 1.57. The minimum Gasteiger partial charge on any atom is -0.349 e. The van der Waals surface area contributed by atoms with Crippen molar-refractivity contribution in [2.24, 2.45) is 5.92 Å². The largest absolute Gasteiger partial charge is 0.349 e. The highest BCUT2D eigenvalue weighted by atomic mass is 16.2. The van der Waals surface area contributed by atoms with E-state index in [1.807, 2.05) is 0 Å². The fraction of sp³-hybridized carbons (Fsp3) is 0.762. The van der Waals surface area contributed by atoms with Crippen molar-refractivity contribution in [3.63, 3.8) is 0 Å². The fourth-order valence-corrected chi connectivity index (χ4v) is 4.79. The number of piperidine rings is 1. The maximum absolute atomic E-state index is 13.0. The Hall–Kier alpha value is -1.33. The number of aromatic nitrogens is 1. The van der Waals surface area contributed by atoms with E-state index in [1.165, 1.54) is 31.9 Å². The summed E-state index contributed by atoms with van der Waals surface area (Å²) >= 11 is 0. The number of likely N-dealkylation sites (tertiary alicyclic amines) is 1. The third-order valence-corrected chi connectivity index (χ3v) is 6.74. The first-order chi connectivity index (χ1) is 12.4. The molecular weight excluding hydrogens is 324 g/mol. The highest BCUT2D eigenvalue weighted by Gasteiger charge is 2.31. The summed E-state index contributed by atoms with van der Waals surface area (Å²) in [5.41, 5.74) is 3.20. The van der Waals surface area contributed by atoms with E-state index in [1.54, 1.807) is 0 Å². The summed E-state index contributed by atoms with van der Waals surface area (Å²) in [7, 11) is 2.21. The van der Waals surface area contributed by atoms with Crippen LogP contribution in [-0.4, -0.2) is 77.5 Å². The van der Waals surface area contributed by atoms with Crippen LogP contribution in [0.15, 0.2) is 6.07 Å². The first-order valence-electron chi connectivity index (χ1n) is 10.3. The number of amides is 1. The maximum atomic E-state index is 13.0. The van der Waals surface area contributed by atoms with Gasteiger partial charge in [-0.1, -0.05) is 0 Å². The molecule has 3 rings (SSSR count). The molecule has 1 amide bonds. The fourth-order valence-electron chi connectivity index (χ4n) is 4.79. The third-order valence-electron chi connectivity index (χ3n) is 6.74. The van der Waals surface area contributed by atoms with Crippen molar-refractivity contribution in [2.45, 2.75) is 53.1 Å². The summed E-state index contributed by atoms with van der Waals surface area (Å²) in [6.07, 6.45) is 2.26. The molecule has 146 valence electrons. The molecule has 3 heterocycles. The van der Waals surface area contributed by atoms with Gasteiger partial charge in [0.25, 0.3) is 5.91 Å². The Bertz CT molecular complexity index is 622. The molecule has 2 aliphatic rings. The second-order valence-corrected chi connectivity index (χ2v) is 8.24. The zero-order valence-corrected chi connectivity index (χ0v) is 17.3. The van der Waals surface area contributed by atoms with E-state index in [4.69, 9.17) is 0 Å². The number of rotatable bonds is 4. The summed E-state index contributed by atoms with van der Waals surface area (Å²) in [6, 6.07) is 2.70. The zero-order chi connectivity index (χ0) is 18.8. The first kappa shape index (κ1) is 19.4. The van der Waals surface area contributed by atoms with E-state index in [-0.39, 0.29) is 5.91 Å². The molecular formula is C21H36N4O. The van der Waals surface area contributed by atoms with Gasteiger partial charge in [-0.15, -0.1) is 0 Å². The van der Waals surface area contributed by atoms with E-state index in [0.29, 0.717) is 12.0 Å². The van der Waals surface area contributed by atoms with E-state index in [2.05, 4.69) is 60.1 Å². The van der Waals surface area contributed by atoms with Gasteiger partial charge in [-0.25, -0.2) is 0 Å². The van der Waals surface area contributed by atoms with Gasteiger partial charge in [0.1, 0.15) is 0 Å². The topological polar surface area (TPSA) is 31.7 Å². The highest BCUT2D eigenvalue weighted by molar-refractivity contribution is 5.95. The first-order valence-corrected chi connectivity index (χ1v) is 10.3. The molecule has 0 N–H and O–H groups in total. The monoisotopic (exact) mass is 360 g/mol. The van der Waals surface area contributed by atoms with Crippen molar-refractivity contribution in [2.75, 3.05) is 46.3 Å². The minimum absolute atomic E-state index is 0.225. The van der Waals surface area contributed by atoms with Crippen LogP contribution in [0.3, 0.4) is 0 Å². The van der Waals surface area contributed by atoms with E-state index >= 15 is 0 Å². The quantitative estimate of drug-likeness (QED) is 0.827. The molecule has 1 aromatic heterocycles.